The molecule has 76 valence electrons. The summed E-state index contributed by atoms with van der Waals surface area (Å²) in [5, 5.41) is 5.25. The number of nitrogens with one attached hydrogen (secondary N) is 2. The van der Waals surface area contributed by atoms with Crippen molar-refractivity contribution >= 4 is 11.8 Å². The number of hydrogen-bond acceptors (Lipinski definition) is 2. The fourth-order valence-electron chi connectivity index (χ4n) is 0.992. The first-order valence-corrected chi connectivity index (χ1v) is 4.62. The van der Waals surface area contributed by atoms with Gasteiger partial charge in [-0.1, -0.05) is 13.3 Å². The average Bonchev–Trinajstić information content (AvgIpc) is 1.98. The Bertz CT molecular complexity index is 180. The molecule has 0 saturated carbocycles. The van der Waals surface area contributed by atoms with Crippen LogP contribution in [0, 0.1) is 0 Å². The van der Waals surface area contributed by atoms with Crippen molar-refractivity contribution in [2.75, 3.05) is 0 Å². The van der Waals surface area contributed by atoms with E-state index in [0.29, 0.717) is 6.42 Å². The van der Waals surface area contributed by atoms with Crippen LogP contribution >= 0.6 is 0 Å². The van der Waals surface area contributed by atoms with Gasteiger partial charge < -0.3 is 10.6 Å². The maximum Gasteiger partial charge on any atom is 0.221 e. The molecular formula is C9H18N2O2. The Kier molecular flexibility index (Phi) is 5.93. The molecule has 1 unspecified atom stereocenters. The van der Waals surface area contributed by atoms with Crippen LogP contribution in [-0.2, 0) is 9.59 Å². The minimum atomic E-state index is -0.276. The molecule has 4 heteroatoms. The molecule has 0 saturated heterocycles. The largest absolute Gasteiger partial charge is 0.337 e. The van der Waals surface area contributed by atoms with E-state index in [1.807, 2.05) is 6.92 Å². The zero-order valence-electron chi connectivity index (χ0n) is 8.52. The van der Waals surface area contributed by atoms with Crippen molar-refractivity contribution < 1.29 is 9.59 Å². The summed E-state index contributed by atoms with van der Waals surface area (Å²) in [6, 6.07) is 0. The van der Waals surface area contributed by atoms with Gasteiger partial charge in [0.25, 0.3) is 0 Å². The molecule has 0 spiro atoms. The minimum absolute atomic E-state index is 0.0110. The van der Waals surface area contributed by atoms with Gasteiger partial charge in [0.2, 0.25) is 11.8 Å². The van der Waals surface area contributed by atoms with E-state index in [9.17, 15) is 9.59 Å². The number of carbonyl (C=O) groups is 2. The topological polar surface area (TPSA) is 58.2 Å². The Balaban J connectivity index is 3.59. The summed E-state index contributed by atoms with van der Waals surface area (Å²) in [4.78, 5) is 21.7. The van der Waals surface area contributed by atoms with Gasteiger partial charge in [0, 0.05) is 13.3 Å². The molecular weight excluding hydrogens is 168 g/mol. The lowest BCUT2D eigenvalue weighted by Crippen LogP contribution is -2.44. The monoisotopic (exact) mass is 186 g/mol. The molecule has 0 radical (unpaired) electrons. The summed E-state index contributed by atoms with van der Waals surface area (Å²) < 4.78 is 0. The first-order valence-electron chi connectivity index (χ1n) is 4.62. The Morgan fingerprint density at radius 1 is 1.31 bits per heavy atom. The van der Waals surface area contributed by atoms with Gasteiger partial charge >= 0.3 is 0 Å². The molecule has 0 aromatic heterocycles. The lowest BCUT2D eigenvalue weighted by molar-refractivity contribution is -0.123. The number of amides is 2. The predicted molar refractivity (Wildman–Crippen MR) is 50.9 cm³/mol. The molecule has 0 aliphatic rings. The third-order valence-corrected chi connectivity index (χ3v) is 1.55. The first-order chi connectivity index (χ1) is 6.06. The Hall–Kier alpha value is -1.06. The molecule has 0 rings (SSSR count). The molecule has 0 heterocycles. The Morgan fingerprint density at radius 2 is 1.92 bits per heavy atom. The molecule has 0 bridgehead atoms. The molecule has 13 heavy (non-hydrogen) atoms. The van der Waals surface area contributed by atoms with Crippen molar-refractivity contribution in [3.63, 3.8) is 0 Å². The summed E-state index contributed by atoms with van der Waals surface area (Å²) >= 11 is 0. The minimum Gasteiger partial charge on any atom is -0.337 e. The smallest absolute Gasteiger partial charge is 0.221 e. The SMILES string of the molecule is CCCCC(=O)NC(C)NC(C)=O. The van der Waals surface area contributed by atoms with Crippen molar-refractivity contribution in [2.45, 2.75) is 46.2 Å². The van der Waals surface area contributed by atoms with E-state index in [4.69, 9.17) is 0 Å². The van der Waals surface area contributed by atoms with E-state index in [0.717, 1.165) is 12.8 Å². The molecule has 0 aliphatic carbocycles. The van der Waals surface area contributed by atoms with Crippen LogP contribution in [0.1, 0.15) is 40.0 Å². The van der Waals surface area contributed by atoms with Gasteiger partial charge in [-0.05, 0) is 13.3 Å². The standard InChI is InChI=1S/C9H18N2O2/c1-4-5-6-9(13)11-7(2)10-8(3)12/h7H,4-6H2,1-3H3,(H,10,12)(H,11,13). The first kappa shape index (κ1) is 11.9. The molecule has 2 amide bonds. The van der Waals surface area contributed by atoms with Crippen LogP contribution in [0.4, 0.5) is 0 Å². The fraction of sp³-hybridized carbons (Fsp3) is 0.778. The number of carbonyl (C=O) groups excluding carboxylic acids is 2. The van der Waals surface area contributed by atoms with Crippen LogP contribution in [-0.4, -0.2) is 18.0 Å². The maximum atomic E-state index is 11.1. The summed E-state index contributed by atoms with van der Waals surface area (Å²) in [7, 11) is 0. The van der Waals surface area contributed by atoms with Gasteiger partial charge in [0.1, 0.15) is 0 Å². The normalized spacial score (nSPS) is 11.9. The van der Waals surface area contributed by atoms with Crippen LogP contribution in [0.5, 0.6) is 0 Å². The van der Waals surface area contributed by atoms with E-state index in [1.54, 1.807) is 6.92 Å². The van der Waals surface area contributed by atoms with Crippen molar-refractivity contribution in [1.29, 1.82) is 0 Å². The van der Waals surface area contributed by atoms with Gasteiger partial charge in [0.15, 0.2) is 0 Å². The molecule has 2 N–H and O–H groups in total. The van der Waals surface area contributed by atoms with Crippen LogP contribution in [0.2, 0.25) is 0 Å². The van der Waals surface area contributed by atoms with Crippen LogP contribution in [0.15, 0.2) is 0 Å². The second-order valence-electron chi connectivity index (χ2n) is 3.09. The highest BCUT2D eigenvalue weighted by atomic mass is 16.2. The number of hydrogen-bond donors (Lipinski definition) is 2. The highest BCUT2D eigenvalue weighted by molar-refractivity contribution is 5.77. The van der Waals surface area contributed by atoms with Gasteiger partial charge in [0.05, 0.1) is 6.17 Å². The molecule has 0 fully saturated rings. The third kappa shape index (κ3) is 7.31. The van der Waals surface area contributed by atoms with Gasteiger partial charge in [-0.2, -0.15) is 0 Å². The van der Waals surface area contributed by atoms with E-state index in [1.165, 1.54) is 6.92 Å². The Morgan fingerprint density at radius 3 is 2.38 bits per heavy atom. The zero-order valence-corrected chi connectivity index (χ0v) is 8.52. The summed E-state index contributed by atoms with van der Waals surface area (Å²) in [6.07, 6.45) is 2.14. The second-order valence-corrected chi connectivity index (χ2v) is 3.09. The lowest BCUT2D eigenvalue weighted by Gasteiger charge is -2.14. The predicted octanol–water partition coefficient (Wildman–Crippen LogP) is 0.775. The summed E-state index contributed by atoms with van der Waals surface area (Å²) in [6.45, 7) is 5.20. The van der Waals surface area contributed by atoms with E-state index < -0.39 is 0 Å². The van der Waals surface area contributed by atoms with Gasteiger partial charge in [-0.15, -0.1) is 0 Å². The zero-order chi connectivity index (χ0) is 10.3. The fourth-order valence-corrected chi connectivity index (χ4v) is 0.992. The van der Waals surface area contributed by atoms with Crippen molar-refractivity contribution in [1.82, 2.24) is 10.6 Å². The highest BCUT2D eigenvalue weighted by Gasteiger charge is 2.06. The molecule has 0 aromatic rings. The lowest BCUT2D eigenvalue weighted by atomic mass is 10.2. The van der Waals surface area contributed by atoms with E-state index >= 15 is 0 Å². The maximum absolute atomic E-state index is 11.1. The second kappa shape index (κ2) is 6.46. The quantitative estimate of drug-likeness (QED) is 0.623. The van der Waals surface area contributed by atoms with E-state index in [-0.39, 0.29) is 18.0 Å². The number of rotatable bonds is 5. The van der Waals surface area contributed by atoms with E-state index in [2.05, 4.69) is 10.6 Å². The number of unbranched alkanes of at least 4 members (excludes halogenated alkanes) is 1. The molecule has 0 aromatic carbocycles. The van der Waals surface area contributed by atoms with Gasteiger partial charge in [-0.3, -0.25) is 9.59 Å². The summed E-state index contributed by atoms with van der Waals surface area (Å²) in [5.74, 6) is -0.147. The molecule has 4 nitrogen and oxygen atoms in total. The van der Waals surface area contributed by atoms with Gasteiger partial charge in [-0.25, -0.2) is 0 Å². The van der Waals surface area contributed by atoms with Crippen LogP contribution in [0.25, 0.3) is 0 Å². The Labute approximate surface area is 79.1 Å². The van der Waals surface area contributed by atoms with Crippen LogP contribution < -0.4 is 10.6 Å². The highest BCUT2D eigenvalue weighted by Crippen LogP contribution is 1.93. The molecule has 0 aliphatic heterocycles. The summed E-state index contributed by atoms with van der Waals surface area (Å²) in [5.41, 5.74) is 0. The van der Waals surface area contributed by atoms with Crippen molar-refractivity contribution in [2.24, 2.45) is 0 Å². The molecule has 1 atom stereocenters. The van der Waals surface area contributed by atoms with Crippen molar-refractivity contribution in [3.8, 4) is 0 Å². The third-order valence-electron chi connectivity index (χ3n) is 1.55. The average molecular weight is 186 g/mol. The van der Waals surface area contributed by atoms with Crippen molar-refractivity contribution in [3.05, 3.63) is 0 Å². The van der Waals surface area contributed by atoms with Crippen LogP contribution in [0.3, 0.4) is 0 Å².